The summed E-state index contributed by atoms with van der Waals surface area (Å²) < 4.78 is 104. The van der Waals surface area contributed by atoms with E-state index in [0.717, 1.165) is 18.8 Å². The van der Waals surface area contributed by atoms with Crippen LogP contribution in [0.15, 0.2) is 60.7 Å². The van der Waals surface area contributed by atoms with Crippen molar-refractivity contribution < 1.29 is 26.3 Å². The molecular weight excluding hydrogens is 911 g/mol. The Labute approximate surface area is 360 Å². The highest BCUT2D eigenvalue weighted by Crippen LogP contribution is 2.67. The molecule has 0 bridgehead atoms. The van der Waals surface area contributed by atoms with Gasteiger partial charge in [-0.3, -0.25) is 0 Å². The van der Waals surface area contributed by atoms with Crippen molar-refractivity contribution >= 4 is 129 Å². The van der Waals surface area contributed by atoms with Crippen LogP contribution >= 0.6 is 68.0 Å². The molecular formula is C41H46F6S6Si4. The zero-order chi connectivity index (χ0) is 42.1. The molecule has 1 aliphatic carbocycles. The Morgan fingerprint density at radius 1 is 0.351 bits per heavy atom. The Bertz CT molecular complexity index is 2340. The van der Waals surface area contributed by atoms with E-state index in [0.29, 0.717) is 29.3 Å². The molecule has 6 aromatic heterocycles. The van der Waals surface area contributed by atoms with Crippen LogP contribution in [0.3, 0.4) is 0 Å². The molecule has 6 heterocycles. The second kappa shape index (κ2) is 14.2. The zero-order valence-corrected chi connectivity index (χ0v) is 42.9. The normalized spacial score (nSPS) is 17.3. The summed E-state index contributed by atoms with van der Waals surface area (Å²) in [6, 6.07) is 18.6. The minimum absolute atomic E-state index is 0.247. The van der Waals surface area contributed by atoms with Crippen LogP contribution in [-0.4, -0.2) is 50.1 Å². The molecule has 0 aliphatic heterocycles. The highest BCUT2D eigenvalue weighted by Gasteiger charge is 2.80. The van der Waals surface area contributed by atoms with Crippen LogP contribution in [0.1, 0.15) is 11.1 Å². The van der Waals surface area contributed by atoms with Crippen LogP contribution < -0.4 is 18.0 Å². The summed E-state index contributed by atoms with van der Waals surface area (Å²) >= 11 is 8.45. The third kappa shape index (κ3) is 7.57. The van der Waals surface area contributed by atoms with E-state index in [1.807, 2.05) is 48.5 Å². The van der Waals surface area contributed by atoms with Gasteiger partial charge in [0.05, 0.1) is 42.0 Å². The molecule has 0 saturated heterocycles. The SMILES string of the molecule is C[Si](C)(C)c1ccc(-c2cc(C3=C(c4cc(-c5ccc([Si](C)(C)C)s5)sc4-c4ccc([Si](C)(C)C)s4)C(F)(F)C(F)(F)C3(F)F)c(-c3ccc([Si](C)(C)C)s3)s2)s1. The Morgan fingerprint density at radius 3 is 0.877 bits per heavy atom. The maximum atomic E-state index is 16.9. The van der Waals surface area contributed by atoms with Gasteiger partial charge in [0.15, 0.2) is 0 Å². The molecule has 0 saturated carbocycles. The smallest absolute Gasteiger partial charge is 0.194 e. The number of rotatable bonds is 10. The van der Waals surface area contributed by atoms with Crippen molar-refractivity contribution in [2.24, 2.45) is 0 Å². The van der Waals surface area contributed by atoms with Crippen LogP contribution in [0.2, 0.25) is 78.6 Å². The predicted octanol–water partition coefficient (Wildman–Crippen LogP) is 14.7. The quantitative estimate of drug-likeness (QED) is 0.0948. The summed E-state index contributed by atoms with van der Waals surface area (Å²) in [5.74, 6) is -16.0. The Kier molecular flexibility index (Phi) is 10.9. The van der Waals surface area contributed by atoms with Crippen molar-refractivity contribution in [2.45, 2.75) is 96.3 Å². The van der Waals surface area contributed by atoms with Gasteiger partial charge in [0, 0.05) is 51.5 Å². The Morgan fingerprint density at radius 2 is 0.614 bits per heavy atom. The first-order valence-electron chi connectivity index (χ1n) is 18.6. The van der Waals surface area contributed by atoms with Gasteiger partial charge in [-0.05, 0) is 54.4 Å². The van der Waals surface area contributed by atoms with Crippen LogP contribution in [0.4, 0.5) is 26.3 Å². The van der Waals surface area contributed by atoms with Crippen LogP contribution in [0, 0.1) is 0 Å². The molecule has 0 spiro atoms. The standard InChI is InChI=1S/C41H46F6S6Si4/c1-54(2,3)31-17-13-25(48-31)29-21-23(37(52-29)27-15-19-33(50-27)56(7,8)9)35-36(40(44,45)41(46,47)39(35,42)43)24-22-30(26-14-18-32(49-26)55(4,5)6)53-38(24)28-16-20-34(51-28)57(10,11)12/h13-22H,1-12H3. The van der Waals surface area contributed by atoms with E-state index in [1.54, 1.807) is 22.7 Å². The van der Waals surface area contributed by atoms with Crippen molar-refractivity contribution in [3.8, 4) is 39.0 Å². The number of hydrogen-bond acceptors (Lipinski definition) is 6. The van der Waals surface area contributed by atoms with E-state index < -0.39 is 61.2 Å². The Hall–Kier alpha value is -1.61. The highest BCUT2D eigenvalue weighted by atomic mass is 32.1. The fourth-order valence-corrected chi connectivity index (χ4v) is 21.0. The minimum Gasteiger partial charge on any atom is -0.194 e. The number of alkyl halides is 6. The number of halogens is 6. The lowest BCUT2D eigenvalue weighted by atomic mass is 9.94. The van der Waals surface area contributed by atoms with Crippen molar-refractivity contribution in [2.75, 3.05) is 0 Å². The molecule has 0 nitrogen and oxygen atoms in total. The maximum absolute atomic E-state index is 16.9. The van der Waals surface area contributed by atoms with Gasteiger partial charge in [0.25, 0.3) is 0 Å². The summed E-state index contributed by atoms with van der Waals surface area (Å²) in [6.45, 7) is 26.3. The first-order chi connectivity index (χ1) is 26.0. The fraction of sp³-hybridized carbons (Fsp3) is 0.366. The van der Waals surface area contributed by atoms with Gasteiger partial charge in [-0.2, -0.15) is 26.3 Å². The van der Waals surface area contributed by atoms with Gasteiger partial charge in [0.2, 0.25) is 0 Å². The summed E-state index contributed by atoms with van der Waals surface area (Å²) in [4.78, 5) is 4.67. The molecule has 16 heteroatoms. The van der Waals surface area contributed by atoms with Crippen LogP contribution in [0.25, 0.3) is 50.2 Å². The van der Waals surface area contributed by atoms with Crippen molar-refractivity contribution in [1.29, 1.82) is 0 Å². The van der Waals surface area contributed by atoms with Crippen LogP contribution in [0.5, 0.6) is 0 Å². The first kappa shape index (κ1) is 43.5. The van der Waals surface area contributed by atoms with Gasteiger partial charge in [-0.15, -0.1) is 68.0 Å². The van der Waals surface area contributed by atoms with E-state index in [4.69, 9.17) is 0 Å². The first-order valence-corrected chi connectivity index (χ1v) is 37.5. The fourth-order valence-electron chi connectivity index (χ4n) is 6.67. The lowest BCUT2D eigenvalue weighted by Gasteiger charge is -2.25. The minimum atomic E-state index is -5.68. The number of allylic oxidation sites excluding steroid dienone is 2. The molecule has 7 rings (SSSR count). The van der Waals surface area contributed by atoms with Gasteiger partial charge < -0.3 is 0 Å². The zero-order valence-electron chi connectivity index (χ0n) is 34.0. The van der Waals surface area contributed by atoms with E-state index in [9.17, 15) is 0 Å². The molecule has 0 radical (unpaired) electrons. The average Bonchev–Trinajstić information content (AvgIpc) is 3.91. The van der Waals surface area contributed by atoms with Gasteiger partial charge in [-0.25, -0.2) is 0 Å². The molecule has 1 aliphatic rings. The maximum Gasteiger partial charge on any atom is 0.380 e. The molecule has 0 unspecified atom stereocenters. The van der Waals surface area contributed by atoms with Gasteiger partial charge >= 0.3 is 17.8 Å². The van der Waals surface area contributed by atoms with E-state index in [2.05, 4.69) is 78.6 Å². The summed E-state index contributed by atoms with van der Waals surface area (Å²) in [5.41, 5.74) is -3.05. The monoisotopic (exact) mass is 956 g/mol. The lowest BCUT2D eigenvalue weighted by molar-refractivity contribution is -0.254. The Balaban J connectivity index is 1.57. The number of hydrogen-bond donors (Lipinski definition) is 0. The van der Waals surface area contributed by atoms with Crippen molar-refractivity contribution in [1.82, 2.24) is 0 Å². The third-order valence-electron chi connectivity index (χ3n) is 9.98. The average molecular weight is 958 g/mol. The van der Waals surface area contributed by atoms with E-state index in [-0.39, 0.29) is 11.1 Å². The topological polar surface area (TPSA) is 0 Å². The molecule has 0 N–H and O–H groups in total. The second-order valence-electron chi connectivity index (χ2n) is 18.8. The molecule has 57 heavy (non-hydrogen) atoms. The summed E-state index contributed by atoms with van der Waals surface area (Å²) in [5, 5.41) is 0. The van der Waals surface area contributed by atoms with Crippen LogP contribution in [-0.2, 0) is 0 Å². The molecule has 0 atom stereocenters. The summed E-state index contributed by atoms with van der Waals surface area (Å²) in [7, 11) is -7.23. The highest BCUT2D eigenvalue weighted by molar-refractivity contribution is 7.34. The van der Waals surface area contributed by atoms with Crippen molar-refractivity contribution in [3.63, 3.8) is 0 Å². The molecule has 0 aromatic carbocycles. The molecule has 6 aromatic rings. The molecule has 0 amide bonds. The lowest BCUT2D eigenvalue weighted by Crippen LogP contribution is -2.48. The van der Waals surface area contributed by atoms with E-state index in [1.165, 1.54) is 66.5 Å². The van der Waals surface area contributed by atoms with Gasteiger partial charge in [0.1, 0.15) is 0 Å². The van der Waals surface area contributed by atoms with Gasteiger partial charge in [-0.1, -0.05) is 103 Å². The van der Waals surface area contributed by atoms with E-state index >= 15 is 26.3 Å². The molecule has 0 fully saturated rings. The van der Waals surface area contributed by atoms with Crippen molar-refractivity contribution in [3.05, 3.63) is 71.8 Å². The largest absolute Gasteiger partial charge is 0.380 e. The second-order valence-corrected chi connectivity index (χ2v) is 46.9. The summed E-state index contributed by atoms with van der Waals surface area (Å²) in [6.07, 6.45) is 0. The molecule has 304 valence electrons. The predicted molar refractivity (Wildman–Crippen MR) is 255 cm³/mol. The third-order valence-corrected chi connectivity index (χ3v) is 31.8. The number of thiophene rings is 6.